The Kier molecular flexibility index (Phi) is 4.29. The summed E-state index contributed by atoms with van der Waals surface area (Å²) in [6, 6.07) is -0.0632. The summed E-state index contributed by atoms with van der Waals surface area (Å²) in [6.07, 6.45) is 2.52. The van der Waals surface area contributed by atoms with Crippen molar-refractivity contribution in [1.29, 1.82) is 0 Å². The lowest BCUT2D eigenvalue weighted by Gasteiger charge is -2.27. The lowest BCUT2D eigenvalue weighted by atomic mass is 10.0. The molecule has 3 heterocycles. The van der Waals surface area contributed by atoms with E-state index in [9.17, 15) is 9.59 Å². The van der Waals surface area contributed by atoms with Crippen LogP contribution in [0.2, 0.25) is 0 Å². The number of aryl methyl sites for hydroxylation is 2. The number of hydrogen-bond donors (Lipinski definition) is 0. The summed E-state index contributed by atoms with van der Waals surface area (Å²) in [7, 11) is 5.04. The van der Waals surface area contributed by atoms with Gasteiger partial charge in [-0.1, -0.05) is 0 Å². The molecule has 0 radical (unpaired) electrons. The van der Waals surface area contributed by atoms with Gasteiger partial charge in [0.25, 0.3) is 5.91 Å². The Morgan fingerprint density at radius 2 is 2.04 bits per heavy atom. The number of methoxy groups -OCH3 is 1. The molecule has 8 nitrogen and oxygen atoms in total. The highest BCUT2D eigenvalue weighted by Crippen LogP contribution is 2.39. The van der Waals surface area contributed by atoms with Crippen molar-refractivity contribution in [2.75, 3.05) is 20.7 Å². The van der Waals surface area contributed by atoms with Gasteiger partial charge in [0.2, 0.25) is 11.8 Å². The number of nitrogens with zero attached hydrogens (tertiary/aromatic N) is 5. The molecule has 0 spiro atoms. The third kappa shape index (κ3) is 2.65. The Balaban J connectivity index is 1.90. The maximum absolute atomic E-state index is 12.9. The lowest BCUT2D eigenvalue weighted by molar-refractivity contribution is -0.130. The van der Waals surface area contributed by atoms with Gasteiger partial charge < -0.3 is 9.64 Å². The first-order valence-electron chi connectivity index (χ1n) is 8.16. The minimum absolute atomic E-state index is 0.0608. The monoisotopic (exact) mass is 333 g/mol. The maximum Gasteiger partial charge on any atom is 0.270 e. The van der Waals surface area contributed by atoms with Gasteiger partial charge in [0.1, 0.15) is 5.71 Å². The molecule has 0 unspecified atom stereocenters. The zero-order valence-corrected chi connectivity index (χ0v) is 14.6. The number of ether oxygens (including phenoxy) is 1. The molecule has 1 aromatic heterocycles. The van der Waals surface area contributed by atoms with Crippen LogP contribution in [-0.4, -0.2) is 57.9 Å². The quantitative estimate of drug-likeness (QED) is 0.827. The normalized spacial score (nSPS) is 21.2. The van der Waals surface area contributed by atoms with E-state index < -0.39 is 0 Å². The largest absolute Gasteiger partial charge is 0.481 e. The fourth-order valence-corrected chi connectivity index (χ4v) is 3.58. The average Bonchev–Trinajstić information content (AvgIpc) is 3.12. The van der Waals surface area contributed by atoms with Crippen LogP contribution in [0.4, 0.5) is 0 Å². The third-order valence-corrected chi connectivity index (χ3v) is 4.71. The van der Waals surface area contributed by atoms with Gasteiger partial charge in [-0.05, 0) is 19.8 Å². The third-order valence-electron chi connectivity index (χ3n) is 4.71. The fourth-order valence-electron chi connectivity index (χ4n) is 3.58. The van der Waals surface area contributed by atoms with Crippen LogP contribution in [0.5, 0.6) is 5.88 Å². The lowest BCUT2D eigenvalue weighted by Crippen LogP contribution is -2.40. The van der Waals surface area contributed by atoms with Gasteiger partial charge in [-0.25, -0.2) is 9.69 Å². The Morgan fingerprint density at radius 1 is 1.29 bits per heavy atom. The second kappa shape index (κ2) is 6.26. The first-order chi connectivity index (χ1) is 11.4. The summed E-state index contributed by atoms with van der Waals surface area (Å²) < 4.78 is 7.20. The molecule has 0 aromatic carbocycles. The van der Waals surface area contributed by atoms with Crippen LogP contribution < -0.4 is 4.74 Å². The standard InChI is InChI=1S/C16H23N5O3/c1-10-14(16(24-4)20(3)17-10)12-6-5-9-21(12)15(23)11-7-8-13(22)19(2)18-11/h12H,5-9H2,1-4H3/t12-/m1/s1. The van der Waals surface area contributed by atoms with Crippen LogP contribution in [0.15, 0.2) is 5.10 Å². The number of rotatable bonds is 3. The first kappa shape index (κ1) is 16.5. The number of aromatic nitrogens is 2. The van der Waals surface area contributed by atoms with Crippen LogP contribution in [0, 0.1) is 6.92 Å². The number of hydrazone groups is 1. The molecule has 1 saturated heterocycles. The van der Waals surface area contributed by atoms with Gasteiger partial charge >= 0.3 is 0 Å². The van der Waals surface area contributed by atoms with Crippen LogP contribution in [-0.2, 0) is 16.6 Å². The molecule has 2 amide bonds. The molecule has 1 aromatic rings. The van der Waals surface area contributed by atoms with Gasteiger partial charge in [-0.15, -0.1) is 0 Å². The molecule has 3 rings (SSSR count). The molecule has 8 heteroatoms. The van der Waals surface area contributed by atoms with Crippen molar-refractivity contribution in [1.82, 2.24) is 19.7 Å². The summed E-state index contributed by atoms with van der Waals surface area (Å²) in [4.78, 5) is 26.4. The molecular formula is C16H23N5O3. The number of carbonyl (C=O) groups is 2. The number of amides is 2. The van der Waals surface area contributed by atoms with Gasteiger partial charge in [-0.2, -0.15) is 10.2 Å². The second-order valence-electron chi connectivity index (χ2n) is 6.25. The number of likely N-dealkylation sites (tertiary alicyclic amines) is 1. The predicted molar refractivity (Wildman–Crippen MR) is 87.6 cm³/mol. The van der Waals surface area contributed by atoms with E-state index >= 15 is 0 Å². The van der Waals surface area contributed by atoms with Gasteiger partial charge in [0, 0.05) is 33.5 Å². The van der Waals surface area contributed by atoms with Crippen LogP contribution >= 0.6 is 0 Å². The number of hydrogen-bond acceptors (Lipinski definition) is 5. The van der Waals surface area contributed by atoms with E-state index in [-0.39, 0.29) is 17.9 Å². The zero-order valence-electron chi connectivity index (χ0n) is 14.6. The van der Waals surface area contributed by atoms with E-state index in [1.54, 1.807) is 18.8 Å². The number of carbonyl (C=O) groups excluding carboxylic acids is 2. The highest BCUT2D eigenvalue weighted by atomic mass is 16.5. The SMILES string of the molecule is COc1c([C@H]2CCCN2C(=O)C2=NN(C)C(=O)CC2)c(C)nn1C. The zero-order chi connectivity index (χ0) is 17.4. The molecule has 130 valence electrons. The summed E-state index contributed by atoms with van der Waals surface area (Å²) in [5.74, 6) is 0.534. The van der Waals surface area contributed by atoms with Crippen LogP contribution in [0.1, 0.15) is 43.0 Å². The minimum atomic E-state index is -0.0952. The van der Waals surface area contributed by atoms with E-state index in [0.29, 0.717) is 31.0 Å². The van der Waals surface area contributed by atoms with E-state index in [0.717, 1.165) is 24.1 Å². The highest BCUT2D eigenvalue weighted by Gasteiger charge is 2.37. The molecular weight excluding hydrogens is 310 g/mol. The van der Waals surface area contributed by atoms with Crippen molar-refractivity contribution in [2.24, 2.45) is 12.1 Å². The summed E-state index contributed by atoms with van der Waals surface area (Å²) in [5, 5.41) is 9.85. The predicted octanol–water partition coefficient (Wildman–Crippen LogP) is 1.01. The Morgan fingerprint density at radius 3 is 2.71 bits per heavy atom. The Bertz CT molecular complexity index is 709. The molecule has 0 N–H and O–H groups in total. The molecule has 1 fully saturated rings. The topological polar surface area (TPSA) is 80.0 Å². The summed E-state index contributed by atoms with van der Waals surface area (Å²) >= 11 is 0. The van der Waals surface area contributed by atoms with Crippen LogP contribution in [0.25, 0.3) is 0 Å². The molecule has 0 aliphatic carbocycles. The Labute approximate surface area is 141 Å². The van der Waals surface area contributed by atoms with Gasteiger partial charge in [-0.3, -0.25) is 9.59 Å². The first-order valence-corrected chi connectivity index (χ1v) is 8.16. The van der Waals surface area contributed by atoms with E-state index in [1.165, 1.54) is 5.01 Å². The van der Waals surface area contributed by atoms with Crippen molar-refractivity contribution in [3.63, 3.8) is 0 Å². The van der Waals surface area contributed by atoms with E-state index in [1.807, 2.05) is 18.9 Å². The van der Waals surface area contributed by atoms with Crippen LogP contribution in [0.3, 0.4) is 0 Å². The molecule has 24 heavy (non-hydrogen) atoms. The average molecular weight is 333 g/mol. The van der Waals surface area contributed by atoms with E-state index in [4.69, 9.17) is 4.74 Å². The molecule has 0 saturated carbocycles. The highest BCUT2D eigenvalue weighted by molar-refractivity contribution is 6.39. The van der Waals surface area contributed by atoms with Crippen molar-refractivity contribution in [3.8, 4) is 5.88 Å². The summed E-state index contributed by atoms with van der Waals surface area (Å²) in [5.41, 5.74) is 2.29. The Hall–Kier alpha value is -2.38. The fraction of sp³-hybridized carbons (Fsp3) is 0.625. The summed E-state index contributed by atoms with van der Waals surface area (Å²) in [6.45, 7) is 2.61. The smallest absolute Gasteiger partial charge is 0.270 e. The molecule has 2 aliphatic heterocycles. The van der Waals surface area contributed by atoms with Gasteiger partial charge in [0.15, 0.2) is 0 Å². The minimum Gasteiger partial charge on any atom is -0.481 e. The maximum atomic E-state index is 12.9. The van der Waals surface area contributed by atoms with Crippen molar-refractivity contribution in [2.45, 2.75) is 38.6 Å². The van der Waals surface area contributed by atoms with Crippen molar-refractivity contribution < 1.29 is 14.3 Å². The van der Waals surface area contributed by atoms with Gasteiger partial charge in [0.05, 0.1) is 24.4 Å². The second-order valence-corrected chi connectivity index (χ2v) is 6.25. The molecule has 2 aliphatic rings. The molecule has 1 atom stereocenters. The van der Waals surface area contributed by atoms with E-state index in [2.05, 4.69) is 10.2 Å². The van der Waals surface area contributed by atoms with Crippen molar-refractivity contribution >= 4 is 17.5 Å². The molecule has 0 bridgehead atoms. The van der Waals surface area contributed by atoms with Crippen molar-refractivity contribution in [3.05, 3.63) is 11.3 Å².